The molecule has 1 aromatic carbocycles. The second-order valence-corrected chi connectivity index (χ2v) is 7.16. The van der Waals surface area contributed by atoms with Gasteiger partial charge in [-0.1, -0.05) is 12.1 Å². The van der Waals surface area contributed by atoms with Gasteiger partial charge in [0.05, 0.1) is 11.2 Å². The number of hydrogen-bond acceptors (Lipinski definition) is 3. The van der Waals surface area contributed by atoms with Gasteiger partial charge >= 0.3 is 0 Å². The van der Waals surface area contributed by atoms with Gasteiger partial charge in [-0.15, -0.1) is 0 Å². The fourth-order valence-electron chi connectivity index (χ4n) is 3.03. The van der Waals surface area contributed by atoms with Gasteiger partial charge in [-0.05, 0) is 51.8 Å². The first-order chi connectivity index (χ1) is 9.20. The molecule has 1 unspecified atom stereocenters. The molecule has 112 valence electrons. The summed E-state index contributed by atoms with van der Waals surface area (Å²) in [4.78, 5) is 2.12. The van der Waals surface area contributed by atoms with Crippen molar-refractivity contribution in [2.24, 2.45) is 0 Å². The second kappa shape index (κ2) is 5.38. The van der Waals surface area contributed by atoms with Gasteiger partial charge in [-0.2, -0.15) is 0 Å². The van der Waals surface area contributed by atoms with Gasteiger partial charge in [0.25, 0.3) is 0 Å². The first kappa shape index (κ1) is 15.3. The molecule has 1 aliphatic heterocycles. The highest BCUT2D eigenvalue weighted by Crippen LogP contribution is 2.37. The van der Waals surface area contributed by atoms with Gasteiger partial charge in [0, 0.05) is 32.4 Å². The van der Waals surface area contributed by atoms with Gasteiger partial charge in [0.15, 0.2) is 0 Å². The van der Waals surface area contributed by atoms with E-state index in [-0.39, 0.29) is 11.2 Å². The van der Waals surface area contributed by atoms with Crippen LogP contribution < -0.4 is 10.2 Å². The van der Waals surface area contributed by atoms with Gasteiger partial charge in [0.2, 0.25) is 0 Å². The maximum Gasteiger partial charge on any atom is 0.0787 e. The van der Waals surface area contributed by atoms with Crippen LogP contribution in [0, 0.1) is 0 Å². The lowest BCUT2D eigenvalue weighted by Gasteiger charge is -2.28. The van der Waals surface area contributed by atoms with E-state index in [2.05, 4.69) is 76.3 Å². The Labute approximate surface area is 123 Å². The van der Waals surface area contributed by atoms with Crippen LogP contribution in [0.2, 0.25) is 0 Å². The molecular formula is C17H28N2O. The van der Waals surface area contributed by atoms with E-state index in [0.717, 1.165) is 13.0 Å². The lowest BCUT2D eigenvalue weighted by atomic mass is 9.94. The van der Waals surface area contributed by atoms with Crippen molar-refractivity contribution in [1.82, 2.24) is 5.32 Å². The maximum atomic E-state index is 6.12. The van der Waals surface area contributed by atoms with Crippen LogP contribution in [0.5, 0.6) is 0 Å². The molecule has 1 atom stereocenters. The summed E-state index contributed by atoms with van der Waals surface area (Å²) in [6.07, 6.45) is 1.05. The quantitative estimate of drug-likeness (QED) is 0.914. The monoisotopic (exact) mass is 276 g/mol. The molecule has 1 heterocycles. The largest absolute Gasteiger partial charge is 0.378 e. The molecule has 2 rings (SSSR count). The normalized spacial score (nSPS) is 23.8. The highest BCUT2D eigenvalue weighted by atomic mass is 16.5. The van der Waals surface area contributed by atoms with E-state index in [0.29, 0.717) is 6.04 Å². The summed E-state index contributed by atoms with van der Waals surface area (Å²) >= 11 is 0. The van der Waals surface area contributed by atoms with Crippen LogP contribution in [-0.2, 0) is 11.3 Å². The van der Waals surface area contributed by atoms with Crippen molar-refractivity contribution in [2.45, 2.75) is 57.9 Å². The summed E-state index contributed by atoms with van der Waals surface area (Å²) in [5, 5.41) is 3.65. The summed E-state index contributed by atoms with van der Waals surface area (Å²) in [6, 6.07) is 9.10. The number of hydrogen-bond donors (Lipinski definition) is 1. The van der Waals surface area contributed by atoms with Gasteiger partial charge in [-0.3, -0.25) is 0 Å². The van der Waals surface area contributed by atoms with Crippen LogP contribution in [0.1, 0.15) is 39.7 Å². The lowest BCUT2D eigenvalue weighted by molar-refractivity contribution is -0.0699. The van der Waals surface area contributed by atoms with Gasteiger partial charge in [0.1, 0.15) is 0 Å². The molecule has 0 radical (unpaired) electrons. The molecule has 0 aromatic heterocycles. The molecule has 0 bridgehead atoms. The Kier molecular flexibility index (Phi) is 4.12. The summed E-state index contributed by atoms with van der Waals surface area (Å²) in [5.41, 5.74) is 2.42. The van der Waals surface area contributed by atoms with Gasteiger partial charge < -0.3 is 15.0 Å². The Morgan fingerprint density at radius 1 is 1.15 bits per heavy atom. The molecule has 1 N–H and O–H groups in total. The molecule has 20 heavy (non-hydrogen) atoms. The van der Waals surface area contributed by atoms with Gasteiger partial charge in [-0.25, -0.2) is 0 Å². The highest BCUT2D eigenvalue weighted by molar-refractivity contribution is 5.45. The van der Waals surface area contributed by atoms with Crippen LogP contribution in [0.4, 0.5) is 5.69 Å². The molecule has 0 amide bonds. The lowest BCUT2D eigenvalue weighted by Crippen LogP contribution is -2.42. The highest BCUT2D eigenvalue weighted by Gasteiger charge is 2.45. The van der Waals surface area contributed by atoms with Crippen LogP contribution in [0.25, 0.3) is 0 Å². The molecule has 0 spiro atoms. The topological polar surface area (TPSA) is 24.5 Å². The number of nitrogens with zero attached hydrogens (tertiary/aromatic N) is 1. The summed E-state index contributed by atoms with van der Waals surface area (Å²) in [6.45, 7) is 9.58. The Balaban J connectivity index is 1.95. The molecule has 1 fully saturated rings. The SMILES string of the molecule is CN(C)c1ccc(CNC2CC(C)(C)OC2(C)C)cc1. The Bertz CT molecular complexity index is 449. The summed E-state index contributed by atoms with van der Waals surface area (Å²) in [5.74, 6) is 0. The van der Waals surface area contributed by atoms with E-state index in [1.165, 1.54) is 11.3 Å². The Hall–Kier alpha value is -1.06. The average molecular weight is 276 g/mol. The fraction of sp³-hybridized carbons (Fsp3) is 0.647. The molecular weight excluding hydrogens is 248 g/mol. The Morgan fingerprint density at radius 3 is 2.20 bits per heavy atom. The molecule has 0 aliphatic carbocycles. The van der Waals surface area contributed by atoms with Crippen molar-refractivity contribution in [3.8, 4) is 0 Å². The van der Waals surface area contributed by atoms with Crippen LogP contribution >= 0.6 is 0 Å². The third-order valence-electron chi connectivity index (χ3n) is 4.08. The molecule has 3 heteroatoms. The standard InChI is InChI=1S/C17H28N2O/c1-16(2)11-15(17(3,4)20-16)18-12-13-7-9-14(10-8-13)19(5)6/h7-10,15,18H,11-12H2,1-6H3. The second-order valence-electron chi connectivity index (χ2n) is 7.16. The smallest absolute Gasteiger partial charge is 0.0787 e. The van der Waals surface area contributed by atoms with Crippen molar-refractivity contribution in [1.29, 1.82) is 0 Å². The van der Waals surface area contributed by atoms with Crippen molar-refractivity contribution in [2.75, 3.05) is 19.0 Å². The van der Waals surface area contributed by atoms with E-state index in [1.54, 1.807) is 0 Å². The predicted molar refractivity (Wildman–Crippen MR) is 85.3 cm³/mol. The molecule has 1 aromatic rings. The van der Waals surface area contributed by atoms with Crippen LogP contribution in [0.15, 0.2) is 24.3 Å². The zero-order chi connectivity index (χ0) is 15.0. The van der Waals surface area contributed by atoms with Crippen LogP contribution in [-0.4, -0.2) is 31.3 Å². The van der Waals surface area contributed by atoms with Crippen molar-refractivity contribution in [3.05, 3.63) is 29.8 Å². The van der Waals surface area contributed by atoms with Crippen molar-refractivity contribution >= 4 is 5.69 Å². The molecule has 0 saturated carbocycles. The summed E-state index contributed by atoms with van der Waals surface area (Å²) < 4.78 is 6.12. The van der Waals surface area contributed by atoms with E-state index < -0.39 is 0 Å². The number of anilines is 1. The minimum Gasteiger partial charge on any atom is -0.378 e. The minimum atomic E-state index is -0.104. The molecule has 1 aliphatic rings. The maximum absolute atomic E-state index is 6.12. The van der Waals surface area contributed by atoms with Crippen molar-refractivity contribution in [3.63, 3.8) is 0 Å². The fourth-order valence-corrected chi connectivity index (χ4v) is 3.03. The van der Waals surface area contributed by atoms with E-state index in [4.69, 9.17) is 4.74 Å². The number of rotatable bonds is 4. The number of ether oxygens (including phenoxy) is 1. The first-order valence-corrected chi connectivity index (χ1v) is 7.39. The zero-order valence-electron chi connectivity index (χ0n) is 13.7. The predicted octanol–water partition coefficient (Wildman–Crippen LogP) is 3.19. The van der Waals surface area contributed by atoms with Crippen LogP contribution in [0.3, 0.4) is 0 Å². The average Bonchev–Trinajstić information content (AvgIpc) is 2.54. The number of benzene rings is 1. The molecule has 1 saturated heterocycles. The Morgan fingerprint density at radius 2 is 1.75 bits per heavy atom. The summed E-state index contributed by atoms with van der Waals surface area (Å²) in [7, 11) is 4.13. The van der Waals surface area contributed by atoms with Crippen molar-refractivity contribution < 1.29 is 4.74 Å². The first-order valence-electron chi connectivity index (χ1n) is 7.39. The third kappa shape index (κ3) is 3.53. The van der Waals surface area contributed by atoms with E-state index in [1.807, 2.05) is 0 Å². The third-order valence-corrected chi connectivity index (χ3v) is 4.08. The minimum absolute atomic E-state index is 0.0318. The molecule has 3 nitrogen and oxygen atoms in total. The van der Waals surface area contributed by atoms with E-state index in [9.17, 15) is 0 Å². The number of nitrogens with one attached hydrogen (secondary N) is 1. The van der Waals surface area contributed by atoms with E-state index >= 15 is 0 Å². The zero-order valence-corrected chi connectivity index (χ0v) is 13.7.